The van der Waals surface area contributed by atoms with Crippen LogP contribution in [0, 0.1) is 5.41 Å². The summed E-state index contributed by atoms with van der Waals surface area (Å²) in [4.78, 5) is 37.7. The van der Waals surface area contributed by atoms with E-state index in [0.717, 1.165) is 6.07 Å². The molecule has 3 N–H and O–H groups in total. The van der Waals surface area contributed by atoms with Gasteiger partial charge >= 0.3 is 5.69 Å². The molecule has 0 unspecified atom stereocenters. The maximum Gasteiger partial charge on any atom is 0.329 e. The molecule has 1 atom stereocenters. The Morgan fingerprint density at radius 3 is 2.67 bits per heavy atom. The van der Waals surface area contributed by atoms with E-state index in [1.165, 1.54) is 11.7 Å². The second kappa shape index (κ2) is 6.83. The lowest BCUT2D eigenvalue weighted by molar-refractivity contribution is -0.124. The van der Waals surface area contributed by atoms with Crippen molar-refractivity contribution in [2.45, 2.75) is 24.2 Å². The van der Waals surface area contributed by atoms with Crippen LogP contribution in [0.25, 0.3) is 0 Å². The van der Waals surface area contributed by atoms with Gasteiger partial charge in [-0.3, -0.25) is 19.1 Å². The third kappa shape index (κ3) is 3.80. The highest BCUT2D eigenvalue weighted by molar-refractivity contribution is 7.80. The molecule has 1 fully saturated rings. The monoisotopic (exact) mass is 394 g/mol. The third-order valence-corrected chi connectivity index (χ3v) is 5.09. The smallest absolute Gasteiger partial charge is 0.329 e. The van der Waals surface area contributed by atoms with Crippen molar-refractivity contribution in [2.75, 3.05) is 19.0 Å². The molecule has 0 bridgehead atoms. The lowest BCUT2D eigenvalue weighted by Crippen LogP contribution is -2.42. The number of amides is 1. The summed E-state index contributed by atoms with van der Waals surface area (Å²) in [6.45, 7) is 2.06. The zero-order valence-electron chi connectivity index (χ0n) is 12.9. The number of alkyl halides is 2. The first kappa shape index (κ1) is 18.9. The van der Waals surface area contributed by atoms with Gasteiger partial charge in [-0.15, -0.1) is 23.2 Å². The van der Waals surface area contributed by atoms with E-state index in [0.29, 0.717) is 6.42 Å². The number of nitrogens with zero attached hydrogens (tertiary/aromatic N) is 1. The van der Waals surface area contributed by atoms with Crippen molar-refractivity contribution in [3.63, 3.8) is 0 Å². The summed E-state index contributed by atoms with van der Waals surface area (Å²) in [5, 5.41) is 5.05. The van der Waals surface area contributed by atoms with E-state index in [-0.39, 0.29) is 24.1 Å². The molecule has 1 aromatic heterocycles. The molecule has 24 heavy (non-hydrogen) atoms. The number of carbonyl (C=O) groups excluding carboxylic acids is 1. The van der Waals surface area contributed by atoms with Crippen molar-refractivity contribution >= 4 is 52.3 Å². The Bertz CT molecular complexity index is 791. The number of ether oxygens (including phenoxy) is 1. The van der Waals surface area contributed by atoms with Crippen molar-refractivity contribution in [1.29, 1.82) is 0 Å². The Morgan fingerprint density at radius 1 is 1.50 bits per heavy atom. The number of H-pyrrole nitrogens is 1. The predicted octanol–water partition coefficient (Wildman–Crippen LogP) is 0.580. The first-order valence-corrected chi connectivity index (χ1v) is 8.10. The zero-order chi connectivity index (χ0) is 18.1. The van der Waals surface area contributed by atoms with Crippen LogP contribution in [-0.2, 0) is 16.1 Å². The Balaban J connectivity index is 2.13. The summed E-state index contributed by atoms with van der Waals surface area (Å²) in [5.41, 5.74) is -2.16. The van der Waals surface area contributed by atoms with Crippen molar-refractivity contribution in [2.24, 2.45) is 5.41 Å². The van der Waals surface area contributed by atoms with Gasteiger partial charge in [-0.1, -0.05) is 0 Å². The lowest BCUT2D eigenvalue weighted by Gasteiger charge is -2.16. The minimum absolute atomic E-state index is 0.0755. The number of halogens is 2. The summed E-state index contributed by atoms with van der Waals surface area (Å²) in [5.74, 6) is -0.310. The van der Waals surface area contributed by atoms with Crippen LogP contribution in [0.2, 0.25) is 0 Å². The van der Waals surface area contributed by atoms with E-state index < -0.39 is 26.9 Å². The Hall–Kier alpha value is -1.42. The minimum atomic E-state index is -1.13. The molecule has 0 spiro atoms. The standard InChI is InChI=1S/C13H16Cl2N4O4S/c1-12(6-13(12,14)15)9(21)18-10(24)16-7-5-8(20)17-11(22)19(7)3-4-23-2/h5H,3-4,6H2,1-2H3,(H,17,20,22)(H2,16,18,21,24)/t12-/m1/s1. The van der Waals surface area contributed by atoms with Crippen molar-refractivity contribution in [3.05, 3.63) is 26.9 Å². The molecule has 1 aromatic rings. The Morgan fingerprint density at radius 2 is 2.12 bits per heavy atom. The molecule has 8 nitrogen and oxygen atoms in total. The largest absolute Gasteiger partial charge is 0.383 e. The number of hydrogen-bond acceptors (Lipinski definition) is 5. The van der Waals surface area contributed by atoms with Crippen LogP contribution in [0.15, 0.2) is 15.7 Å². The van der Waals surface area contributed by atoms with Crippen LogP contribution < -0.4 is 21.9 Å². The molecule has 1 aliphatic carbocycles. The first-order valence-electron chi connectivity index (χ1n) is 6.94. The Labute approximate surface area is 152 Å². The molecule has 1 heterocycles. The second-order valence-corrected chi connectivity index (χ2v) is 7.48. The van der Waals surface area contributed by atoms with Crippen LogP contribution in [0.3, 0.4) is 0 Å². The fourth-order valence-corrected chi connectivity index (χ4v) is 2.97. The van der Waals surface area contributed by atoms with Gasteiger partial charge in [0.1, 0.15) is 10.2 Å². The molecule has 2 rings (SSSR count). The summed E-state index contributed by atoms with van der Waals surface area (Å²) >= 11 is 16.9. The van der Waals surface area contributed by atoms with Crippen LogP contribution in [-0.4, -0.2) is 38.6 Å². The van der Waals surface area contributed by atoms with Gasteiger partial charge in [0.2, 0.25) is 5.91 Å². The number of aromatic nitrogens is 2. The molecular formula is C13H16Cl2N4O4S. The molecule has 0 aromatic carbocycles. The van der Waals surface area contributed by atoms with E-state index in [1.54, 1.807) is 6.92 Å². The van der Waals surface area contributed by atoms with Gasteiger partial charge in [-0.05, 0) is 25.6 Å². The third-order valence-electron chi connectivity index (χ3n) is 3.78. The van der Waals surface area contributed by atoms with Crippen LogP contribution in [0.4, 0.5) is 5.82 Å². The molecule has 11 heteroatoms. The molecule has 1 saturated carbocycles. The Kier molecular flexibility index (Phi) is 5.38. The zero-order valence-corrected chi connectivity index (χ0v) is 15.3. The predicted molar refractivity (Wildman–Crippen MR) is 94.7 cm³/mol. The number of rotatable bonds is 5. The van der Waals surface area contributed by atoms with Gasteiger partial charge in [0.25, 0.3) is 5.56 Å². The van der Waals surface area contributed by atoms with Gasteiger partial charge in [0.05, 0.1) is 18.6 Å². The quantitative estimate of drug-likeness (QED) is 0.498. The van der Waals surface area contributed by atoms with Gasteiger partial charge in [-0.25, -0.2) is 4.79 Å². The maximum absolute atomic E-state index is 12.2. The number of nitrogens with one attached hydrogen (secondary N) is 3. The average molecular weight is 395 g/mol. The number of methoxy groups -OCH3 is 1. The molecule has 0 radical (unpaired) electrons. The van der Waals surface area contributed by atoms with Gasteiger partial charge in [0, 0.05) is 13.2 Å². The van der Waals surface area contributed by atoms with Crippen molar-refractivity contribution in [3.8, 4) is 0 Å². The van der Waals surface area contributed by atoms with E-state index in [4.69, 9.17) is 40.2 Å². The summed E-state index contributed by atoms with van der Waals surface area (Å²) in [6, 6.07) is 1.15. The van der Waals surface area contributed by atoms with Crippen molar-refractivity contribution < 1.29 is 9.53 Å². The molecule has 0 aliphatic heterocycles. The maximum atomic E-state index is 12.2. The summed E-state index contributed by atoms with van der Waals surface area (Å²) < 4.78 is 5.02. The lowest BCUT2D eigenvalue weighted by atomic mass is 10.1. The number of carbonyl (C=O) groups is 1. The minimum Gasteiger partial charge on any atom is -0.383 e. The van der Waals surface area contributed by atoms with Gasteiger partial charge < -0.3 is 15.4 Å². The fraction of sp³-hybridized carbons (Fsp3) is 0.538. The number of hydrogen-bond donors (Lipinski definition) is 3. The topological polar surface area (TPSA) is 105 Å². The first-order chi connectivity index (χ1) is 11.1. The van der Waals surface area contributed by atoms with Crippen LogP contribution in [0.1, 0.15) is 13.3 Å². The highest BCUT2D eigenvalue weighted by Crippen LogP contribution is 2.63. The number of thiocarbonyl (C=S) groups is 1. The molecule has 1 aliphatic rings. The molecule has 1 amide bonds. The molecule has 0 saturated heterocycles. The fourth-order valence-electron chi connectivity index (χ4n) is 2.06. The van der Waals surface area contributed by atoms with Gasteiger partial charge in [-0.2, -0.15) is 0 Å². The average Bonchev–Trinajstić information content (AvgIpc) is 2.98. The molecule has 132 valence electrons. The van der Waals surface area contributed by atoms with E-state index >= 15 is 0 Å². The van der Waals surface area contributed by atoms with Crippen LogP contribution >= 0.6 is 35.4 Å². The summed E-state index contributed by atoms with van der Waals surface area (Å²) in [6.07, 6.45) is 0.307. The van der Waals surface area contributed by atoms with Crippen LogP contribution in [0.5, 0.6) is 0 Å². The number of anilines is 1. The normalized spacial score (nSPS) is 21.2. The van der Waals surface area contributed by atoms with Gasteiger partial charge in [0.15, 0.2) is 5.11 Å². The molecular weight excluding hydrogens is 379 g/mol. The van der Waals surface area contributed by atoms with E-state index in [2.05, 4.69) is 15.6 Å². The van der Waals surface area contributed by atoms with Crippen molar-refractivity contribution in [1.82, 2.24) is 14.9 Å². The summed E-state index contributed by atoms with van der Waals surface area (Å²) in [7, 11) is 1.48. The highest BCUT2D eigenvalue weighted by atomic mass is 35.5. The van der Waals surface area contributed by atoms with E-state index in [1.807, 2.05) is 0 Å². The SMILES string of the molecule is COCCn1c(NC(=S)NC(=O)[C@@]2(C)CC2(Cl)Cl)cc(=O)[nH]c1=O. The second-order valence-electron chi connectivity index (χ2n) is 5.59. The van der Waals surface area contributed by atoms with E-state index in [9.17, 15) is 14.4 Å². The number of aromatic amines is 1. The highest BCUT2D eigenvalue weighted by Gasteiger charge is 2.68.